The zero-order valence-electron chi connectivity index (χ0n) is 14.3. The van der Waals surface area contributed by atoms with Crippen LogP contribution in [0.5, 0.6) is 11.5 Å². The van der Waals surface area contributed by atoms with Gasteiger partial charge < -0.3 is 19.7 Å². The van der Waals surface area contributed by atoms with Crippen LogP contribution in [0, 0.1) is 0 Å². The number of carbonyl (C=O) groups excluding carboxylic acids is 2. The van der Waals surface area contributed by atoms with E-state index in [1.807, 2.05) is 13.0 Å². The van der Waals surface area contributed by atoms with Gasteiger partial charge in [0.25, 0.3) is 0 Å². The number of benzene rings is 1. The monoisotopic (exact) mass is 322 g/mol. The fourth-order valence-corrected chi connectivity index (χ4v) is 2.27. The van der Waals surface area contributed by atoms with Gasteiger partial charge in [-0.05, 0) is 24.1 Å². The number of hydrogen-bond donors (Lipinski definition) is 1. The molecule has 1 rings (SSSR count). The average Bonchev–Trinajstić information content (AvgIpc) is 2.53. The number of carbonyl (C=O) groups is 2. The molecule has 128 valence electrons. The summed E-state index contributed by atoms with van der Waals surface area (Å²) in [6, 6.07) is 5.40. The van der Waals surface area contributed by atoms with E-state index >= 15 is 0 Å². The van der Waals surface area contributed by atoms with E-state index in [-0.39, 0.29) is 18.2 Å². The number of nitrogens with one attached hydrogen (secondary N) is 1. The van der Waals surface area contributed by atoms with Gasteiger partial charge in [-0.2, -0.15) is 0 Å². The summed E-state index contributed by atoms with van der Waals surface area (Å²) in [6.45, 7) is 5.25. The smallest absolute Gasteiger partial charge is 0.224 e. The van der Waals surface area contributed by atoms with E-state index < -0.39 is 0 Å². The summed E-state index contributed by atoms with van der Waals surface area (Å²) in [6.07, 6.45) is 1.16. The second-order valence-electron chi connectivity index (χ2n) is 5.22. The molecule has 6 heteroatoms. The maximum absolute atomic E-state index is 12.0. The minimum atomic E-state index is -0.0859. The minimum absolute atomic E-state index is 0.0287. The maximum Gasteiger partial charge on any atom is 0.224 e. The molecule has 6 nitrogen and oxygen atoms in total. The second-order valence-corrected chi connectivity index (χ2v) is 5.22. The first kappa shape index (κ1) is 18.8. The van der Waals surface area contributed by atoms with Crippen molar-refractivity contribution in [1.82, 2.24) is 10.2 Å². The van der Waals surface area contributed by atoms with E-state index in [9.17, 15) is 9.59 Å². The first-order valence-corrected chi connectivity index (χ1v) is 7.74. The summed E-state index contributed by atoms with van der Waals surface area (Å²) in [5, 5.41) is 2.84. The third-order valence-electron chi connectivity index (χ3n) is 3.46. The van der Waals surface area contributed by atoms with Crippen LogP contribution in [0.3, 0.4) is 0 Å². The normalized spacial score (nSPS) is 10.1. The molecule has 0 aliphatic heterocycles. The van der Waals surface area contributed by atoms with Crippen LogP contribution in [0.25, 0.3) is 0 Å². The fourth-order valence-electron chi connectivity index (χ4n) is 2.27. The van der Waals surface area contributed by atoms with Gasteiger partial charge in [0.05, 0.1) is 20.6 Å². The number of methoxy groups -OCH3 is 2. The van der Waals surface area contributed by atoms with Crippen LogP contribution >= 0.6 is 0 Å². The van der Waals surface area contributed by atoms with Crippen molar-refractivity contribution in [1.29, 1.82) is 0 Å². The largest absolute Gasteiger partial charge is 0.493 e. The zero-order valence-corrected chi connectivity index (χ0v) is 14.3. The fraction of sp³-hybridized carbons (Fsp3) is 0.529. The van der Waals surface area contributed by atoms with Crippen molar-refractivity contribution in [2.75, 3.05) is 33.9 Å². The third-order valence-corrected chi connectivity index (χ3v) is 3.46. The van der Waals surface area contributed by atoms with Crippen molar-refractivity contribution in [3.05, 3.63) is 23.8 Å². The summed E-state index contributed by atoms with van der Waals surface area (Å²) in [4.78, 5) is 25.1. The van der Waals surface area contributed by atoms with Crippen LogP contribution in [0.15, 0.2) is 18.2 Å². The van der Waals surface area contributed by atoms with Gasteiger partial charge in [-0.1, -0.05) is 13.0 Å². The van der Waals surface area contributed by atoms with Crippen molar-refractivity contribution < 1.29 is 19.1 Å². The van der Waals surface area contributed by atoms with Crippen LogP contribution < -0.4 is 14.8 Å². The zero-order chi connectivity index (χ0) is 17.2. The van der Waals surface area contributed by atoms with E-state index in [0.29, 0.717) is 31.1 Å². The molecule has 0 saturated carbocycles. The van der Waals surface area contributed by atoms with Crippen molar-refractivity contribution in [3.8, 4) is 11.5 Å². The van der Waals surface area contributed by atoms with E-state index in [4.69, 9.17) is 9.47 Å². The summed E-state index contributed by atoms with van der Waals surface area (Å²) >= 11 is 0. The van der Waals surface area contributed by atoms with Gasteiger partial charge >= 0.3 is 0 Å². The predicted molar refractivity (Wildman–Crippen MR) is 88.8 cm³/mol. The Bertz CT molecular complexity index is 531. The van der Waals surface area contributed by atoms with Gasteiger partial charge in [0.15, 0.2) is 11.5 Å². The standard InChI is InChI=1S/C17H26N2O4/c1-5-9-19(13(2)20)10-8-18-17(21)12-14-6-7-15(22-3)16(11-14)23-4/h6-7,11H,5,8-10,12H2,1-4H3,(H,18,21). The molecule has 0 spiro atoms. The number of nitrogens with zero attached hydrogens (tertiary/aromatic N) is 1. The number of rotatable bonds is 9. The molecule has 0 atom stereocenters. The maximum atomic E-state index is 12.0. The molecule has 0 aliphatic rings. The molecule has 1 N–H and O–H groups in total. The Morgan fingerprint density at radius 3 is 2.39 bits per heavy atom. The van der Waals surface area contributed by atoms with Crippen LogP contribution in [0.4, 0.5) is 0 Å². The summed E-state index contributed by atoms with van der Waals surface area (Å²) < 4.78 is 10.4. The number of hydrogen-bond acceptors (Lipinski definition) is 4. The molecular weight excluding hydrogens is 296 g/mol. The van der Waals surface area contributed by atoms with Crippen molar-refractivity contribution in [3.63, 3.8) is 0 Å². The van der Waals surface area contributed by atoms with Gasteiger partial charge in [-0.15, -0.1) is 0 Å². The molecule has 0 bridgehead atoms. The molecule has 0 fully saturated rings. The minimum Gasteiger partial charge on any atom is -0.493 e. The van der Waals surface area contributed by atoms with Gasteiger partial charge in [0.2, 0.25) is 11.8 Å². The lowest BCUT2D eigenvalue weighted by Crippen LogP contribution is -2.38. The van der Waals surface area contributed by atoms with Crippen LogP contribution in [0.2, 0.25) is 0 Å². The highest BCUT2D eigenvalue weighted by Gasteiger charge is 2.10. The van der Waals surface area contributed by atoms with Crippen LogP contribution in [-0.4, -0.2) is 50.6 Å². The molecule has 1 aromatic carbocycles. The molecule has 0 heterocycles. The molecule has 0 radical (unpaired) electrons. The van der Waals surface area contributed by atoms with Crippen LogP contribution in [-0.2, 0) is 16.0 Å². The van der Waals surface area contributed by atoms with Gasteiger partial charge in [0.1, 0.15) is 0 Å². The molecule has 0 saturated heterocycles. The molecule has 23 heavy (non-hydrogen) atoms. The summed E-state index contributed by atoms with van der Waals surface area (Å²) in [7, 11) is 3.13. The van der Waals surface area contributed by atoms with Gasteiger partial charge in [-0.25, -0.2) is 0 Å². The first-order chi connectivity index (χ1) is 11.0. The molecule has 0 aromatic heterocycles. The lowest BCUT2D eigenvalue weighted by Gasteiger charge is -2.20. The van der Waals surface area contributed by atoms with E-state index in [1.54, 1.807) is 38.2 Å². The molecule has 1 aromatic rings. The number of amides is 2. The van der Waals surface area contributed by atoms with Crippen molar-refractivity contribution in [2.45, 2.75) is 26.7 Å². The van der Waals surface area contributed by atoms with Gasteiger partial charge in [0, 0.05) is 26.6 Å². The quantitative estimate of drug-likeness (QED) is 0.750. The Kier molecular flexibility index (Phi) is 7.94. The Hall–Kier alpha value is -2.24. The first-order valence-electron chi connectivity index (χ1n) is 7.74. The third kappa shape index (κ3) is 6.18. The number of ether oxygens (including phenoxy) is 2. The van der Waals surface area contributed by atoms with Crippen LogP contribution in [0.1, 0.15) is 25.8 Å². The Labute approximate surface area is 137 Å². The molecular formula is C17H26N2O4. The Morgan fingerprint density at radius 2 is 1.83 bits per heavy atom. The highest BCUT2D eigenvalue weighted by atomic mass is 16.5. The Morgan fingerprint density at radius 1 is 1.13 bits per heavy atom. The lowest BCUT2D eigenvalue weighted by molar-refractivity contribution is -0.129. The highest BCUT2D eigenvalue weighted by molar-refractivity contribution is 5.79. The summed E-state index contributed by atoms with van der Waals surface area (Å²) in [5.41, 5.74) is 0.845. The van der Waals surface area contributed by atoms with E-state index in [2.05, 4.69) is 5.32 Å². The molecule has 2 amide bonds. The topological polar surface area (TPSA) is 67.9 Å². The van der Waals surface area contributed by atoms with E-state index in [1.165, 1.54) is 0 Å². The van der Waals surface area contributed by atoms with Gasteiger partial charge in [-0.3, -0.25) is 9.59 Å². The lowest BCUT2D eigenvalue weighted by atomic mass is 10.1. The molecule has 0 aliphatic carbocycles. The molecule has 0 unspecified atom stereocenters. The average molecular weight is 322 g/mol. The van der Waals surface area contributed by atoms with E-state index in [0.717, 1.165) is 12.0 Å². The summed E-state index contributed by atoms with van der Waals surface area (Å²) in [5.74, 6) is 1.18. The van der Waals surface area contributed by atoms with Crippen molar-refractivity contribution in [2.24, 2.45) is 0 Å². The second kappa shape index (κ2) is 9.71. The SMILES string of the molecule is CCCN(CCNC(=O)Cc1ccc(OC)c(OC)c1)C(C)=O. The van der Waals surface area contributed by atoms with Crippen molar-refractivity contribution >= 4 is 11.8 Å². The predicted octanol–water partition coefficient (Wildman–Crippen LogP) is 1.62. The highest BCUT2D eigenvalue weighted by Crippen LogP contribution is 2.27. The Balaban J connectivity index is 2.49.